The Labute approximate surface area is 166 Å². The van der Waals surface area contributed by atoms with Crippen LogP contribution in [0.15, 0.2) is 48.2 Å². The summed E-state index contributed by atoms with van der Waals surface area (Å²) in [4.78, 5) is 10.4. The van der Waals surface area contributed by atoms with Crippen molar-refractivity contribution in [1.29, 1.82) is 0 Å². The number of H-pyrrole nitrogens is 1. The first-order valence-corrected chi connectivity index (χ1v) is 8.94. The highest BCUT2D eigenvalue weighted by Crippen LogP contribution is 2.33. The number of anilines is 1. The van der Waals surface area contributed by atoms with Crippen LogP contribution in [0.25, 0.3) is 10.9 Å². The fraction of sp³-hybridized carbons (Fsp3) is 0.318. The first kappa shape index (κ1) is 21.0. The molecule has 2 heterocycles. The maximum absolute atomic E-state index is 13.3. The number of aromatic nitrogens is 2. The molecule has 1 aromatic carbocycles. The summed E-state index contributed by atoms with van der Waals surface area (Å²) < 4.78 is 13.3. The molecule has 1 unspecified atom stereocenters. The minimum Gasteiger partial charge on any atom is -0.366 e. The average molecular weight is 388 g/mol. The SMILES string of the molecule is CC(C)=CCC(c1nccc2c(C)c(C)[nH]c12)N(C)c1ccc(F)cc1.Cl. The highest BCUT2D eigenvalue weighted by atomic mass is 35.5. The van der Waals surface area contributed by atoms with E-state index in [1.165, 1.54) is 34.3 Å². The lowest BCUT2D eigenvalue weighted by molar-refractivity contribution is 0.625. The van der Waals surface area contributed by atoms with Gasteiger partial charge in [-0.2, -0.15) is 0 Å². The second kappa shape index (κ2) is 8.57. The fourth-order valence-corrected chi connectivity index (χ4v) is 3.31. The molecule has 0 aliphatic rings. The van der Waals surface area contributed by atoms with Gasteiger partial charge in [-0.1, -0.05) is 11.6 Å². The zero-order valence-electron chi connectivity index (χ0n) is 16.5. The molecule has 0 saturated carbocycles. The second-order valence-corrected chi connectivity index (χ2v) is 7.11. The molecule has 5 heteroatoms. The van der Waals surface area contributed by atoms with E-state index in [0.717, 1.165) is 23.3 Å². The highest BCUT2D eigenvalue weighted by molar-refractivity contribution is 5.86. The molecule has 0 aliphatic carbocycles. The molecule has 0 aliphatic heterocycles. The van der Waals surface area contributed by atoms with Crippen molar-refractivity contribution >= 4 is 29.0 Å². The Morgan fingerprint density at radius 2 is 1.85 bits per heavy atom. The Morgan fingerprint density at radius 3 is 2.48 bits per heavy atom. The van der Waals surface area contributed by atoms with Gasteiger partial charge in [-0.05, 0) is 70.0 Å². The van der Waals surface area contributed by atoms with Crippen LogP contribution >= 0.6 is 12.4 Å². The van der Waals surface area contributed by atoms with Crippen LogP contribution in [0.1, 0.15) is 43.3 Å². The minimum absolute atomic E-state index is 0. The molecule has 0 spiro atoms. The van der Waals surface area contributed by atoms with Crippen molar-refractivity contribution in [3.05, 3.63) is 70.9 Å². The van der Waals surface area contributed by atoms with Crippen LogP contribution in [0.4, 0.5) is 10.1 Å². The van der Waals surface area contributed by atoms with Crippen molar-refractivity contribution in [3.63, 3.8) is 0 Å². The number of allylic oxidation sites excluding steroid dienone is 1. The molecule has 3 nitrogen and oxygen atoms in total. The number of fused-ring (bicyclic) bond motifs is 1. The average Bonchev–Trinajstić information content (AvgIpc) is 2.91. The van der Waals surface area contributed by atoms with Gasteiger partial charge in [-0.3, -0.25) is 4.98 Å². The zero-order valence-corrected chi connectivity index (χ0v) is 17.3. The van der Waals surface area contributed by atoms with Crippen molar-refractivity contribution in [2.45, 2.75) is 40.2 Å². The number of hydrogen-bond donors (Lipinski definition) is 1. The third kappa shape index (κ3) is 4.33. The monoisotopic (exact) mass is 387 g/mol. The molecular weight excluding hydrogens is 361 g/mol. The van der Waals surface area contributed by atoms with Gasteiger partial charge in [0.05, 0.1) is 17.3 Å². The smallest absolute Gasteiger partial charge is 0.123 e. The van der Waals surface area contributed by atoms with Gasteiger partial charge in [0.25, 0.3) is 0 Å². The molecule has 0 fully saturated rings. The minimum atomic E-state index is -0.223. The van der Waals surface area contributed by atoms with Crippen LogP contribution < -0.4 is 4.90 Å². The third-order valence-electron chi connectivity index (χ3n) is 5.03. The van der Waals surface area contributed by atoms with Crippen LogP contribution in [0.2, 0.25) is 0 Å². The number of hydrogen-bond acceptors (Lipinski definition) is 2. The van der Waals surface area contributed by atoms with Gasteiger partial charge in [-0.15, -0.1) is 12.4 Å². The predicted molar refractivity (Wildman–Crippen MR) is 114 cm³/mol. The molecule has 1 atom stereocenters. The molecule has 0 bridgehead atoms. The van der Waals surface area contributed by atoms with E-state index in [0.29, 0.717) is 0 Å². The van der Waals surface area contributed by atoms with Gasteiger partial charge in [0.2, 0.25) is 0 Å². The lowest BCUT2D eigenvalue weighted by Gasteiger charge is -2.29. The summed E-state index contributed by atoms with van der Waals surface area (Å²) >= 11 is 0. The molecule has 144 valence electrons. The number of nitrogens with zero attached hydrogens (tertiary/aromatic N) is 2. The Balaban J connectivity index is 0.00000261. The summed E-state index contributed by atoms with van der Waals surface area (Å²) in [6, 6.07) is 8.75. The number of nitrogens with one attached hydrogen (secondary N) is 1. The molecule has 27 heavy (non-hydrogen) atoms. The second-order valence-electron chi connectivity index (χ2n) is 7.11. The van der Waals surface area contributed by atoms with Crippen LogP contribution in [0.5, 0.6) is 0 Å². The van der Waals surface area contributed by atoms with Crippen LogP contribution in [0.3, 0.4) is 0 Å². The first-order valence-electron chi connectivity index (χ1n) is 8.94. The van der Waals surface area contributed by atoms with Gasteiger partial charge in [0, 0.05) is 30.0 Å². The topological polar surface area (TPSA) is 31.9 Å². The van der Waals surface area contributed by atoms with Crippen molar-refractivity contribution in [3.8, 4) is 0 Å². The molecular formula is C22H27ClFN3. The van der Waals surface area contributed by atoms with Crippen LogP contribution in [-0.4, -0.2) is 17.0 Å². The quantitative estimate of drug-likeness (QED) is 0.523. The normalized spacial score (nSPS) is 11.8. The van der Waals surface area contributed by atoms with Gasteiger partial charge in [0.1, 0.15) is 5.82 Å². The summed E-state index contributed by atoms with van der Waals surface area (Å²) in [6.07, 6.45) is 4.94. The molecule has 2 aromatic heterocycles. The molecule has 0 amide bonds. The van der Waals surface area contributed by atoms with E-state index in [1.807, 2.05) is 25.4 Å². The van der Waals surface area contributed by atoms with Crippen molar-refractivity contribution < 1.29 is 4.39 Å². The first-order chi connectivity index (χ1) is 12.4. The summed E-state index contributed by atoms with van der Waals surface area (Å²) in [5.41, 5.74) is 6.77. The number of benzene rings is 1. The standard InChI is InChI=1S/C22H26FN3.ClH/c1-14(2)6-11-20(26(5)18-9-7-17(23)8-10-18)22-21-19(12-13-24-22)15(3)16(4)25-21;/h6-10,12-13,20,25H,11H2,1-5H3;1H. The number of aromatic amines is 1. The fourth-order valence-electron chi connectivity index (χ4n) is 3.31. The summed E-state index contributed by atoms with van der Waals surface area (Å²) in [6.45, 7) is 8.43. The summed E-state index contributed by atoms with van der Waals surface area (Å²) in [7, 11) is 2.04. The molecule has 3 rings (SSSR count). The van der Waals surface area contributed by atoms with Crippen molar-refractivity contribution in [2.24, 2.45) is 0 Å². The lowest BCUT2D eigenvalue weighted by atomic mass is 10.0. The predicted octanol–water partition coefficient (Wildman–Crippen LogP) is 6.27. The number of rotatable bonds is 5. The van der Waals surface area contributed by atoms with E-state index in [9.17, 15) is 4.39 Å². The van der Waals surface area contributed by atoms with E-state index < -0.39 is 0 Å². The Morgan fingerprint density at radius 1 is 1.19 bits per heavy atom. The Kier molecular flexibility index (Phi) is 6.66. The number of aryl methyl sites for hydroxylation is 2. The summed E-state index contributed by atoms with van der Waals surface area (Å²) in [5, 5.41) is 1.21. The Bertz CT molecular complexity index is 940. The third-order valence-corrected chi connectivity index (χ3v) is 5.03. The molecule has 0 radical (unpaired) electrons. The van der Waals surface area contributed by atoms with Gasteiger partial charge < -0.3 is 9.88 Å². The van der Waals surface area contributed by atoms with Crippen LogP contribution in [-0.2, 0) is 0 Å². The van der Waals surface area contributed by atoms with Gasteiger partial charge in [0.15, 0.2) is 0 Å². The number of pyridine rings is 1. The zero-order chi connectivity index (χ0) is 18.8. The lowest BCUT2D eigenvalue weighted by Crippen LogP contribution is -2.25. The van der Waals surface area contributed by atoms with Gasteiger partial charge >= 0.3 is 0 Å². The Hall–Kier alpha value is -2.33. The maximum Gasteiger partial charge on any atom is 0.123 e. The van der Waals surface area contributed by atoms with E-state index in [2.05, 4.69) is 49.7 Å². The van der Waals surface area contributed by atoms with E-state index >= 15 is 0 Å². The van der Waals surface area contributed by atoms with Crippen molar-refractivity contribution in [2.75, 3.05) is 11.9 Å². The summed E-state index contributed by atoms with van der Waals surface area (Å²) in [5.74, 6) is -0.223. The number of halogens is 2. The largest absolute Gasteiger partial charge is 0.366 e. The van der Waals surface area contributed by atoms with Gasteiger partial charge in [-0.25, -0.2) is 4.39 Å². The molecule has 3 aromatic rings. The molecule has 1 N–H and O–H groups in total. The van der Waals surface area contributed by atoms with E-state index in [-0.39, 0.29) is 24.3 Å². The maximum atomic E-state index is 13.3. The van der Waals surface area contributed by atoms with Crippen molar-refractivity contribution in [1.82, 2.24) is 9.97 Å². The van der Waals surface area contributed by atoms with E-state index in [4.69, 9.17) is 4.98 Å². The van der Waals surface area contributed by atoms with Crippen LogP contribution in [0, 0.1) is 19.7 Å². The van der Waals surface area contributed by atoms with E-state index in [1.54, 1.807) is 0 Å². The molecule has 0 saturated heterocycles. The highest BCUT2D eigenvalue weighted by Gasteiger charge is 2.22.